The van der Waals surface area contributed by atoms with Crippen molar-refractivity contribution in [2.24, 2.45) is 0 Å². The van der Waals surface area contributed by atoms with E-state index in [1.807, 2.05) is 0 Å². The molecule has 0 amide bonds. The van der Waals surface area contributed by atoms with Gasteiger partial charge in [0.2, 0.25) is 0 Å². The standard InChI is InChI=1S/C9H11F3N2O/c1-14(2)7-3-4-13-5-6(7)8(15)9(10,11)12/h3-5,8,15H,1-2H3/p+1/t8-/m0/s1. The third-order valence-corrected chi connectivity index (χ3v) is 1.96. The number of aromatic amines is 1. The molecule has 0 aliphatic heterocycles. The van der Waals surface area contributed by atoms with E-state index in [1.165, 1.54) is 17.2 Å². The minimum Gasteiger partial charge on any atom is -0.379 e. The van der Waals surface area contributed by atoms with E-state index < -0.39 is 12.3 Å². The summed E-state index contributed by atoms with van der Waals surface area (Å²) in [4.78, 5) is 4.03. The second-order valence-electron chi connectivity index (χ2n) is 3.32. The molecule has 0 fully saturated rings. The lowest BCUT2D eigenvalue weighted by atomic mass is 10.1. The smallest absolute Gasteiger partial charge is 0.379 e. The molecule has 0 saturated carbocycles. The average Bonchev–Trinajstić information content (AvgIpc) is 2.15. The second kappa shape index (κ2) is 4.06. The molecule has 0 unspecified atom stereocenters. The molecule has 1 aromatic rings. The predicted octanol–water partition coefficient (Wildman–Crippen LogP) is 1.16. The molecule has 0 radical (unpaired) electrons. The number of hydrogen-bond donors (Lipinski definition) is 1. The molecule has 0 aromatic carbocycles. The minimum atomic E-state index is -4.65. The van der Waals surface area contributed by atoms with E-state index in [-0.39, 0.29) is 5.56 Å². The van der Waals surface area contributed by atoms with Crippen molar-refractivity contribution in [3.63, 3.8) is 0 Å². The molecular weight excluding hydrogens is 209 g/mol. The highest BCUT2D eigenvalue weighted by molar-refractivity contribution is 5.51. The summed E-state index contributed by atoms with van der Waals surface area (Å²) < 4.78 is 36.9. The maximum atomic E-state index is 12.3. The van der Waals surface area contributed by atoms with Gasteiger partial charge in [0.15, 0.2) is 18.5 Å². The molecule has 0 bridgehead atoms. The van der Waals surface area contributed by atoms with Crippen LogP contribution in [-0.2, 0) is 0 Å². The molecule has 1 rings (SSSR count). The van der Waals surface area contributed by atoms with Gasteiger partial charge in [0.1, 0.15) is 0 Å². The number of nitrogens with zero attached hydrogens (tertiary/aromatic N) is 1. The Morgan fingerprint density at radius 3 is 2.47 bits per heavy atom. The number of pyridine rings is 1. The number of rotatable bonds is 2. The lowest BCUT2D eigenvalue weighted by molar-refractivity contribution is -0.380. The van der Waals surface area contributed by atoms with Gasteiger partial charge in [-0.25, -0.2) is 4.98 Å². The van der Waals surface area contributed by atoms with Crippen molar-refractivity contribution in [3.8, 4) is 0 Å². The van der Waals surface area contributed by atoms with Crippen molar-refractivity contribution in [1.82, 2.24) is 0 Å². The van der Waals surface area contributed by atoms with Crippen LogP contribution in [0.1, 0.15) is 11.7 Å². The van der Waals surface area contributed by atoms with Gasteiger partial charge in [0.25, 0.3) is 0 Å². The number of halogens is 3. The van der Waals surface area contributed by atoms with Crippen molar-refractivity contribution in [2.75, 3.05) is 19.0 Å². The molecule has 1 heterocycles. The van der Waals surface area contributed by atoms with Crippen molar-refractivity contribution in [2.45, 2.75) is 12.3 Å². The molecule has 3 nitrogen and oxygen atoms in total. The van der Waals surface area contributed by atoms with Crippen LogP contribution in [0.25, 0.3) is 0 Å². The first-order chi connectivity index (χ1) is 6.84. The molecule has 0 spiro atoms. The number of nitrogens with one attached hydrogen (secondary N) is 1. The quantitative estimate of drug-likeness (QED) is 0.813. The average molecular weight is 221 g/mol. The fraction of sp³-hybridized carbons (Fsp3) is 0.444. The monoisotopic (exact) mass is 221 g/mol. The van der Waals surface area contributed by atoms with Gasteiger partial charge in [0.05, 0.1) is 11.3 Å². The number of alkyl halides is 3. The fourth-order valence-corrected chi connectivity index (χ4v) is 1.24. The summed E-state index contributed by atoms with van der Waals surface area (Å²) >= 11 is 0. The van der Waals surface area contributed by atoms with Crippen molar-refractivity contribution in [1.29, 1.82) is 0 Å². The van der Waals surface area contributed by atoms with E-state index >= 15 is 0 Å². The SMILES string of the molecule is CN(C)c1cc[nH+]cc1[C@H](O)C(F)(F)F. The van der Waals surface area contributed by atoms with Crippen LogP contribution in [0.3, 0.4) is 0 Å². The van der Waals surface area contributed by atoms with Gasteiger partial charge >= 0.3 is 6.18 Å². The topological polar surface area (TPSA) is 37.6 Å². The van der Waals surface area contributed by atoms with E-state index in [1.54, 1.807) is 14.1 Å². The minimum absolute atomic E-state index is 0.185. The second-order valence-corrected chi connectivity index (χ2v) is 3.32. The summed E-state index contributed by atoms with van der Waals surface area (Å²) in [6, 6.07) is 1.48. The third kappa shape index (κ3) is 2.59. The zero-order chi connectivity index (χ0) is 11.6. The zero-order valence-corrected chi connectivity index (χ0v) is 8.34. The summed E-state index contributed by atoms with van der Waals surface area (Å²) in [6.45, 7) is 0. The summed E-state index contributed by atoms with van der Waals surface area (Å²) in [6.07, 6.45) is -4.47. The van der Waals surface area contributed by atoms with Gasteiger partial charge in [-0.15, -0.1) is 0 Å². The molecule has 15 heavy (non-hydrogen) atoms. The summed E-state index contributed by atoms with van der Waals surface area (Å²) in [5.74, 6) is 0. The van der Waals surface area contributed by atoms with Gasteiger partial charge in [-0.3, -0.25) is 0 Å². The Labute approximate surface area is 85.2 Å². The zero-order valence-electron chi connectivity index (χ0n) is 8.34. The molecule has 0 aliphatic rings. The van der Waals surface area contributed by atoms with Crippen LogP contribution in [0.15, 0.2) is 18.5 Å². The van der Waals surface area contributed by atoms with Gasteiger partial charge in [0, 0.05) is 20.2 Å². The molecule has 2 N–H and O–H groups in total. The lowest BCUT2D eigenvalue weighted by Crippen LogP contribution is -2.25. The number of anilines is 1. The van der Waals surface area contributed by atoms with Gasteiger partial charge in [-0.1, -0.05) is 0 Å². The first-order valence-electron chi connectivity index (χ1n) is 4.26. The van der Waals surface area contributed by atoms with E-state index in [4.69, 9.17) is 5.11 Å². The number of H-pyrrole nitrogens is 1. The molecule has 0 aliphatic carbocycles. The van der Waals surface area contributed by atoms with Crippen LogP contribution in [0.5, 0.6) is 0 Å². The maximum absolute atomic E-state index is 12.3. The normalized spacial score (nSPS) is 13.7. The van der Waals surface area contributed by atoms with E-state index in [2.05, 4.69) is 4.98 Å². The molecule has 0 saturated heterocycles. The van der Waals surface area contributed by atoms with Crippen molar-refractivity contribution in [3.05, 3.63) is 24.0 Å². The van der Waals surface area contributed by atoms with E-state index in [0.717, 1.165) is 6.20 Å². The molecule has 1 aromatic heterocycles. The van der Waals surface area contributed by atoms with Gasteiger partial charge in [-0.05, 0) is 0 Å². The summed E-state index contributed by atoms with van der Waals surface area (Å²) in [5.41, 5.74) is 0.147. The summed E-state index contributed by atoms with van der Waals surface area (Å²) in [5, 5.41) is 9.12. The highest BCUT2D eigenvalue weighted by Gasteiger charge is 2.41. The van der Waals surface area contributed by atoms with Crippen LogP contribution >= 0.6 is 0 Å². The maximum Gasteiger partial charge on any atom is 0.418 e. The van der Waals surface area contributed by atoms with Crippen LogP contribution in [0.2, 0.25) is 0 Å². The third-order valence-electron chi connectivity index (χ3n) is 1.96. The largest absolute Gasteiger partial charge is 0.418 e. The fourth-order valence-electron chi connectivity index (χ4n) is 1.24. The molecule has 6 heteroatoms. The first-order valence-corrected chi connectivity index (χ1v) is 4.26. The van der Waals surface area contributed by atoms with Gasteiger partial charge in [-0.2, -0.15) is 13.2 Å². The van der Waals surface area contributed by atoms with Gasteiger partial charge < -0.3 is 10.0 Å². The number of aliphatic hydroxyl groups excluding tert-OH is 1. The lowest BCUT2D eigenvalue weighted by Gasteiger charge is -2.20. The number of hydrogen-bond acceptors (Lipinski definition) is 2. The van der Waals surface area contributed by atoms with E-state index in [9.17, 15) is 13.2 Å². The highest BCUT2D eigenvalue weighted by Crippen LogP contribution is 2.35. The highest BCUT2D eigenvalue weighted by atomic mass is 19.4. The van der Waals surface area contributed by atoms with Crippen LogP contribution in [-0.4, -0.2) is 25.4 Å². The Kier molecular flexibility index (Phi) is 3.18. The Balaban J connectivity index is 3.14. The Morgan fingerprint density at radius 2 is 2.00 bits per heavy atom. The predicted molar refractivity (Wildman–Crippen MR) is 48.3 cm³/mol. The summed E-state index contributed by atoms with van der Waals surface area (Å²) in [7, 11) is 3.23. The first kappa shape index (κ1) is 11.8. The molecular formula is C9H12F3N2O+. The molecule has 84 valence electrons. The van der Waals surface area contributed by atoms with Crippen molar-refractivity contribution < 1.29 is 23.3 Å². The van der Waals surface area contributed by atoms with Crippen LogP contribution in [0, 0.1) is 0 Å². The Bertz CT molecular complexity index is 338. The number of aliphatic hydroxyl groups is 1. The molecule has 1 atom stereocenters. The van der Waals surface area contributed by atoms with Crippen LogP contribution in [0.4, 0.5) is 18.9 Å². The Hall–Kier alpha value is -1.30. The van der Waals surface area contributed by atoms with E-state index in [0.29, 0.717) is 5.69 Å². The van der Waals surface area contributed by atoms with Crippen LogP contribution < -0.4 is 9.88 Å². The number of aromatic nitrogens is 1. The Morgan fingerprint density at radius 1 is 1.40 bits per heavy atom. The van der Waals surface area contributed by atoms with Crippen molar-refractivity contribution >= 4 is 5.69 Å².